The van der Waals surface area contributed by atoms with Crippen LogP contribution >= 0.6 is 7.82 Å². The summed E-state index contributed by atoms with van der Waals surface area (Å²) < 4.78 is 110. The first-order valence-electron chi connectivity index (χ1n) is 5.10. The molecule has 0 amide bonds. The lowest BCUT2D eigenvalue weighted by molar-refractivity contribution is -0.358. The van der Waals surface area contributed by atoms with Crippen LogP contribution in [0.2, 0.25) is 0 Å². The Morgan fingerprint density at radius 3 is 1.85 bits per heavy atom. The molecule has 0 heterocycles. The first kappa shape index (κ1) is 19.6. The van der Waals surface area contributed by atoms with Gasteiger partial charge in [-0.2, -0.15) is 30.7 Å². The molecule has 0 spiro atoms. The lowest BCUT2D eigenvalue weighted by atomic mass is 10.2. The van der Waals surface area contributed by atoms with E-state index >= 15 is 0 Å². The Morgan fingerprint density at radius 2 is 1.50 bits per heavy atom. The number of hydrogen-bond donors (Lipinski definition) is 0. The van der Waals surface area contributed by atoms with Gasteiger partial charge in [0.15, 0.2) is 0 Å². The van der Waals surface area contributed by atoms with Gasteiger partial charge in [-0.15, -0.1) is 0 Å². The summed E-state index contributed by atoms with van der Waals surface area (Å²) in [6, 6.07) is 0. The molecule has 0 aliphatic carbocycles. The van der Waals surface area contributed by atoms with E-state index in [-0.39, 0.29) is 13.0 Å². The lowest BCUT2D eigenvalue weighted by Gasteiger charge is -2.28. The third kappa shape index (κ3) is 4.57. The minimum absolute atomic E-state index is 0.256. The molecule has 0 fully saturated rings. The van der Waals surface area contributed by atoms with Crippen molar-refractivity contribution >= 4 is 7.82 Å². The second-order valence-corrected chi connectivity index (χ2v) is 5.29. The van der Waals surface area contributed by atoms with Crippen molar-refractivity contribution in [3.8, 4) is 0 Å². The van der Waals surface area contributed by atoms with Gasteiger partial charge < -0.3 is 0 Å². The fourth-order valence-electron chi connectivity index (χ4n) is 0.804. The van der Waals surface area contributed by atoms with Crippen LogP contribution in [0.5, 0.6) is 0 Å². The standard InChI is InChI=1S/C8H12F7O4P/c1-3-4-18-20(16,17-2)19-5-6(9,10)7(11,12)8(13,14)15/h3-5H2,1-2H3. The van der Waals surface area contributed by atoms with Crippen molar-refractivity contribution in [3.05, 3.63) is 0 Å². The average molecular weight is 336 g/mol. The summed E-state index contributed by atoms with van der Waals surface area (Å²) in [7, 11) is -3.91. The van der Waals surface area contributed by atoms with Crippen LogP contribution in [0.25, 0.3) is 0 Å². The molecule has 1 unspecified atom stereocenters. The highest BCUT2D eigenvalue weighted by atomic mass is 31.2. The number of halogens is 7. The molecule has 0 bridgehead atoms. The topological polar surface area (TPSA) is 44.8 Å². The van der Waals surface area contributed by atoms with Gasteiger partial charge >= 0.3 is 25.8 Å². The number of phosphoric ester groups is 1. The molecule has 0 aliphatic heterocycles. The van der Waals surface area contributed by atoms with Crippen molar-refractivity contribution < 1.29 is 48.9 Å². The van der Waals surface area contributed by atoms with Gasteiger partial charge in [0.25, 0.3) is 0 Å². The molecule has 12 heteroatoms. The van der Waals surface area contributed by atoms with E-state index in [0.717, 1.165) is 0 Å². The van der Waals surface area contributed by atoms with E-state index in [9.17, 15) is 35.3 Å². The molecule has 1 atom stereocenters. The fourth-order valence-corrected chi connectivity index (χ4v) is 1.82. The molecule has 4 nitrogen and oxygen atoms in total. The molecule has 0 aromatic rings. The van der Waals surface area contributed by atoms with Crippen LogP contribution in [0.3, 0.4) is 0 Å². The Kier molecular flexibility index (Phi) is 6.46. The maximum atomic E-state index is 12.9. The Morgan fingerprint density at radius 1 is 1.00 bits per heavy atom. The predicted molar refractivity (Wildman–Crippen MR) is 52.8 cm³/mol. The molecule has 0 saturated carbocycles. The third-order valence-corrected chi connectivity index (χ3v) is 3.29. The highest BCUT2D eigenvalue weighted by molar-refractivity contribution is 7.48. The molecule has 0 radical (unpaired) electrons. The van der Waals surface area contributed by atoms with Crippen molar-refractivity contribution in [2.24, 2.45) is 0 Å². The quantitative estimate of drug-likeness (QED) is 0.496. The Balaban J connectivity index is 4.90. The van der Waals surface area contributed by atoms with E-state index in [2.05, 4.69) is 13.6 Å². The molecule has 0 aliphatic rings. The van der Waals surface area contributed by atoms with Crippen LogP contribution in [-0.4, -0.2) is 38.3 Å². The molecule has 0 N–H and O–H groups in total. The van der Waals surface area contributed by atoms with Crippen LogP contribution < -0.4 is 0 Å². The minimum atomic E-state index is -6.48. The molecular weight excluding hydrogens is 324 g/mol. The summed E-state index contributed by atoms with van der Waals surface area (Å²) in [5.41, 5.74) is 0. The van der Waals surface area contributed by atoms with E-state index < -0.39 is 32.5 Å². The Bertz CT molecular complexity index is 357. The number of rotatable bonds is 8. The monoisotopic (exact) mass is 336 g/mol. The van der Waals surface area contributed by atoms with Gasteiger partial charge in [0.2, 0.25) is 0 Å². The molecule has 0 aromatic carbocycles. The zero-order valence-electron chi connectivity index (χ0n) is 10.3. The molecule has 122 valence electrons. The first-order chi connectivity index (χ1) is 8.83. The summed E-state index contributed by atoms with van der Waals surface area (Å²) in [5, 5.41) is 0. The fraction of sp³-hybridized carbons (Fsp3) is 1.00. The summed E-state index contributed by atoms with van der Waals surface area (Å²) in [4.78, 5) is 0. The van der Waals surface area contributed by atoms with Crippen molar-refractivity contribution in [1.29, 1.82) is 0 Å². The van der Waals surface area contributed by atoms with Gasteiger partial charge in [-0.1, -0.05) is 6.92 Å². The van der Waals surface area contributed by atoms with Crippen LogP contribution in [0.15, 0.2) is 0 Å². The molecule has 0 rings (SSSR count). The molecule has 20 heavy (non-hydrogen) atoms. The summed E-state index contributed by atoms with van der Waals surface area (Å²) in [5.74, 6) is -12.0. The maximum absolute atomic E-state index is 12.9. The van der Waals surface area contributed by atoms with Crippen molar-refractivity contribution in [2.75, 3.05) is 20.3 Å². The van der Waals surface area contributed by atoms with Crippen LogP contribution in [0.4, 0.5) is 30.7 Å². The van der Waals surface area contributed by atoms with Crippen molar-refractivity contribution in [2.45, 2.75) is 31.4 Å². The molecular formula is C8H12F7O4P. The minimum Gasteiger partial charge on any atom is -0.290 e. The van der Waals surface area contributed by atoms with Gasteiger partial charge in [0, 0.05) is 7.11 Å². The van der Waals surface area contributed by atoms with Gasteiger partial charge in [0.05, 0.1) is 6.61 Å². The van der Waals surface area contributed by atoms with Crippen molar-refractivity contribution in [3.63, 3.8) is 0 Å². The van der Waals surface area contributed by atoms with Crippen LogP contribution in [-0.2, 0) is 18.1 Å². The van der Waals surface area contributed by atoms with Crippen LogP contribution in [0.1, 0.15) is 13.3 Å². The second kappa shape index (κ2) is 6.59. The Hall–Kier alpha value is -0.380. The first-order valence-corrected chi connectivity index (χ1v) is 6.56. The smallest absolute Gasteiger partial charge is 0.290 e. The highest BCUT2D eigenvalue weighted by Gasteiger charge is 2.73. The van der Waals surface area contributed by atoms with Gasteiger partial charge in [0.1, 0.15) is 6.61 Å². The van der Waals surface area contributed by atoms with E-state index in [1.807, 2.05) is 0 Å². The van der Waals surface area contributed by atoms with Gasteiger partial charge in [-0.25, -0.2) is 4.57 Å². The van der Waals surface area contributed by atoms with E-state index in [0.29, 0.717) is 7.11 Å². The van der Waals surface area contributed by atoms with E-state index in [1.165, 1.54) is 6.92 Å². The van der Waals surface area contributed by atoms with Crippen LogP contribution in [0, 0.1) is 0 Å². The zero-order valence-corrected chi connectivity index (χ0v) is 11.2. The predicted octanol–water partition coefficient (Wildman–Crippen LogP) is 4.02. The van der Waals surface area contributed by atoms with Crippen molar-refractivity contribution in [1.82, 2.24) is 0 Å². The average Bonchev–Trinajstić information content (AvgIpc) is 2.32. The van der Waals surface area contributed by atoms with Gasteiger partial charge in [-0.3, -0.25) is 13.6 Å². The normalized spacial score (nSPS) is 17.1. The maximum Gasteiger partial charge on any atom is 0.474 e. The molecule has 0 saturated heterocycles. The SMILES string of the molecule is CCCOP(=O)(OC)OCC(F)(F)C(F)(F)C(F)(F)F. The highest BCUT2D eigenvalue weighted by Crippen LogP contribution is 2.52. The number of alkyl halides is 7. The van der Waals surface area contributed by atoms with E-state index in [1.54, 1.807) is 0 Å². The van der Waals surface area contributed by atoms with E-state index in [4.69, 9.17) is 0 Å². The molecule has 0 aromatic heterocycles. The largest absolute Gasteiger partial charge is 0.474 e. The third-order valence-electron chi connectivity index (χ3n) is 1.90. The Labute approximate surface area is 109 Å². The summed E-state index contributed by atoms with van der Waals surface area (Å²) >= 11 is 0. The number of phosphoric acid groups is 1. The second-order valence-electron chi connectivity index (χ2n) is 3.51. The summed E-state index contributed by atoms with van der Waals surface area (Å²) in [6.45, 7) is -1.23. The van der Waals surface area contributed by atoms with Gasteiger partial charge in [-0.05, 0) is 6.42 Å². The summed E-state index contributed by atoms with van der Waals surface area (Å²) in [6.07, 6.45) is -6.23. The zero-order chi connectivity index (χ0) is 16.2. The lowest BCUT2D eigenvalue weighted by Crippen LogP contribution is -2.54. The number of hydrogen-bond acceptors (Lipinski definition) is 4.